The van der Waals surface area contributed by atoms with Crippen LogP contribution in [0.2, 0.25) is 0 Å². The molecule has 1 N–H and O–H groups in total. The monoisotopic (exact) mass is 373 g/mol. The van der Waals surface area contributed by atoms with Gasteiger partial charge in [-0.1, -0.05) is 37.3 Å². The SMILES string of the molecule is CCc1ccc(N2C(=O)NC(=O)C(=Cc3cn(C)c4ccccc34)C2=O)cc1. The lowest BCUT2D eigenvalue weighted by Gasteiger charge is -2.26. The Bertz CT molecular complexity index is 1140. The van der Waals surface area contributed by atoms with Gasteiger partial charge in [-0.15, -0.1) is 0 Å². The van der Waals surface area contributed by atoms with Crippen molar-refractivity contribution in [2.75, 3.05) is 4.90 Å². The van der Waals surface area contributed by atoms with Crippen LogP contribution in [0.25, 0.3) is 17.0 Å². The molecule has 28 heavy (non-hydrogen) atoms. The fourth-order valence-electron chi connectivity index (χ4n) is 3.42. The highest BCUT2D eigenvalue weighted by Crippen LogP contribution is 2.26. The zero-order valence-electron chi connectivity index (χ0n) is 15.6. The van der Waals surface area contributed by atoms with E-state index < -0.39 is 17.8 Å². The van der Waals surface area contributed by atoms with Gasteiger partial charge in [0.1, 0.15) is 5.57 Å². The quantitative estimate of drug-likeness (QED) is 0.565. The normalized spacial score (nSPS) is 16.1. The second kappa shape index (κ2) is 6.81. The van der Waals surface area contributed by atoms with Crippen molar-refractivity contribution < 1.29 is 14.4 Å². The predicted molar refractivity (Wildman–Crippen MR) is 108 cm³/mol. The van der Waals surface area contributed by atoms with Gasteiger partial charge in [0.05, 0.1) is 5.69 Å². The molecule has 2 aromatic carbocycles. The highest BCUT2D eigenvalue weighted by Gasteiger charge is 2.36. The Balaban J connectivity index is 1.77. The van der Waals surface area contributed by atoms with Crippen LogP contribution in [-0.4, -0.2) is 22.4 Å². The molecule has 0 aliphatic carbocycles. The van der Waals surface area contributed by atoms with Crippen molar-refractivity contribution in [2.24, 2.45) is 7.05 Å². The molecule has 3 aromatic rings. The summed E-state index contributed by atoms with van der Waals surface area (Å²) in [5.41, 5.74) is 3.18. The molecule has 1 saturated heterocycles. The number of benzene rings is 2. The second-order valence-corrected chi connectivity index (χ2v) is 6.69. The number of aromatic nitrogens is 1. The van der Waals surface area contributed by atoms with E-state index in [1.165, 1.54) is 0 Å². The summed E-state index contributed by atoms with van der Waals surface area (Å²) in [6.45, 7) is 2.03. The molecule has 6 heteroatoms. The average Bonchev–Trinajstić information content (AvgIpc) is 3.01. The van der Waals surface area contributed by atoms with E-state index in [2.05, 4.69) is 5.32 Å². The molecular formula is C22H19N3O3. The number of nitrogens with one attached hydrogen (secondary N) is 1. The molecule has 4 rings (SSSR count). The molecule has 0 atom stereocenters. The van der Waals surface area contributed by atoms with Crippen LogP contribution in [-0.2, 0) is 23.1 Å². The zero-order valence-corrected chi connectivity index (χ0v) is 15.6. The number of carbonyl (C=O) groups is 3. The number of para-hydroxylation sites is 1. The molecule has 6 nitrogen and oxygen atoms in total. The van der Waals surface area contributed by atoms with Gasteiger partial charge in [-0.2, -0.15) is 0 Å². The van der Waals surface area contributed by atoms with Gasteiger partial charge in [0.2, 0.25) is 0 Å². The lowest BCUT2D eigenvalue weighted by atomic mass is 10.1. The van der Waals surface area contributed by atoms with Crippen molar-refractivity contribution in [3.63, 3.8) is 0 Å². The van der Waals surface area contributed by atoms with Crippen LogP contribution in [0.3, 0.4) is 0 Å². The number of hydrogen-bond acceptors (Lipinski definition) is 3. The predicted octanol–water partition coefficient (Wildman–Crippen LogP) is 3.41. The summed E-state index contributed by atoms with van der Waals surface area (Å²) in [5.74, 6) is -1.32. The molecule has 1 fully saturated rings. The van der Waals surface area contributed by atoms with Crippen LogP contribution in [0, 0.1) is 0 Å². The molecule has 4 amide bonds. The van der Waals surface area contributed by atoms with Crippen molar-refractivity contribution >= 4 is 40.5 Å². The summed E-state index contributed by atoms with van der Waals surface area (Å²) in [5, 5.41) is 3.19. The zero-order chi connectivity index (χ0) is 19.8. The van der Waals surface area contributed by atoms with E-state index in [0.717, 1.165) is 33.4 Å². The number of imide groups is 2. The molecule has 0 saturated carbocycles. The first kappa shape index (κ1) is 17.7. The van der Waals surface area contributed by atoms with E-state index in [0.29, 0.717) is 5.69 Å². The summed E-state index contributed by atoms with van der Waals surface area (Å²) >= 11 is 0. The number of barbiturate groups is 1. The summed E-state index contributed by atoms with van der Waals surface area (Å²) in [4.78, 5) is 38.7. The fourth-order valence-corrected chi connectivity index (χ4v) is 3.42. The molecule has 0 bridgehead atoms. The minimum Gasteiger partial charge on any atom is -0.350 e. The van der Waals surface area contributed by atoms with E-state index in [-0.39, 0.29) is 5.57 Å². The lowest BCUT2D eigenvalue weighted by molar-refractivity contribution is -0.122. The Kier molecular flexibility index (Phi) is 4.31. The molecule has 0 spiro atoms. The summed E-state index contributed by atoms with van der Waals surface area (Å²) < 4.78 is 1.93. The number of rotatable bonds is 3. The Labute approximate surface area is 162 Å². The molecule has 1 aromatic heterocycles. The van der Waals surface area contributed by atoms with E-state index in [4.69, 9.17) is 0 Å². The number of anilines is 1. The number of urea groups is 1. The van der Waals surface area contributed by atoms with Gasteiger partial charge in [0, 0.05) is 29.7 Å². The third-order valence-electron chi connectivity index (χ3n) is 4.93. The first-order valence-electron chi connectivity index (χ1n) is 9.04. The first-order chi connectivity index (χ1) is 13.5. The lowest BCUT2D eigenvalue weighted by Crippen LogP contribution is -2.54. The maximum absolute atomic E-state index is 13.0. The smallest absolute Gasteiger partial charge is 0.335 e. The van der Waals surface area contributed by atoms with Crippen molar-refractivity contribution in [1.29, 1.82) is 0 Å². The number of carbonyl (C=O) groups excluding carboxylic acids is 3. The third kappa shape index (κ3) is 2.89. The molecule has 1 aliphatic heterocycles. The topological polar surface area (TPSA) is 71.4 Å². The van der Waals surface area contributed by atoms with E-state index >= 15 is 0 Å². The highest BCUT2D eigenvalue weighted by molar-refractivity contribution is 6.39. The fraction of sp³-hybridized carbons (Fsp3) is 0.136. The van der Waals surface area contributed by atoms with Crippen LogP contribution in [0.5, 0.6) is 0 Å². The summed E-state index contributed by atoms with van der Waals surface area (Å²) in [7, 11) is 1.90. The molecule has 1 aliphatic rings. The van der Waals surface area contributed by atoms with Crippen LogP contribution in [0.15, 0.2) is 60.3 Å². The Morgan fingerprint density at radius 1 is 1.00 bits per heavy atom. The van der Waals surface area contributed by atoms with Crippen LogP contribution >= 0.6 is 0 Å². The van der Waals surface area contributed by atoms with Crippen LogP contribution in [0.4, 0.5) is 10.5 Å². The Morgan fingerprint density at radius 3 is 2.43 bits per heavy atom. The summed E-state index contributed by atoms with van der Waals surface area (Å²) in [6, 6.07) is 14.1. The van der Waals surface area contributed by atoms with E-state index in [1.54, 1.807) is 18.2 Å². The Hall–Kier alpha value is -3.67. The average molecular weight is 373 g/mol. The van der Waals surface area contributed by atoms with Gasteiger partial charge < -0.3 is 4.57 Å². The number of fused-ring (bicyclic) bond motifs is 1. The second-order valence-electron chi connectivity index (χ2n) is 6.69. The molecule has 140 valence electrons. The van der Waals surface area contributed by atoms with Crippen LogP contribution < -0.4 is 10.2 Å². The van der Waals surface area contributed by atoms with Gasteiger partial charge in [0.15, 0.2) is 0 Å². The maximum Gasteiger partial charge on any atom is 0.335 e. The number of hydrogen-bond donors (Lipinski definition) is 1. The molecular weight excluding hydrogens is 354 g/mol. The van der Waals surface area contributed by atoms with Gasteiger partial charge in [-0.25, -0.2) is 9.69 Å². The van der Waals surface area contributed by atoms with Gasteiger partial charge in [-0.3, -0.25) is 14.9 Å². The van der Waals surface area contributed by atoms with Crippen LogP contribution in [0.1, 0.15) is 18.1 Å². The van der Waals surface area contributed by atoms with Crippen molar-refractivity contribution in [2.45, 2.75) is 13.3 Å². The molecule has 0 radical (unpaired) electrons. The minimum atomic E-state index is -0.741. The first-order valence-corrected chi connectivity index (χ1v) is 9.04. The summed E-state index contributed by atoms with van der Waals surface area (Å²) in [6.07, 6.45) is 4.25. The standard InChI is InChI=1S/C22H19N3O3/c1-3-14-8-10-16(11-9-14)25-21(27)18(20(26)23-22(25)28)12-15-13-24(2)19-7-5-4-6-17(15)19/h4-13H,3H2,1-2H3,(H,23,26,28). The van der Waals surface area contributed by atoms with Gasteiger partial charge in [0.25, 0.3) is 11.8 Å². The maximum atomic E-state index is 13.0. The largest absolute Gasteiger partial charge is 0.350 e. The molecule has 0 unspecified atom stereocenters. The van der Waals surface area contributed by atoms with Crippen molar-refractivity contribution in [1.82, 2.24) is 9.88 Å². The molecule has 2 heterocycles. The minimum absolute atomic E-state index is 0.0736. The number of nitrogens with zero attached hydrogens (tertiary/aromatic N) is 2. The highest BCUT2D eigenvalue weighted by atomic mass is 16.2. The van der Waals surface area contributed by atoms with Gasteiger partial charge >= 0.3 is 6.03 Å². The van der Waals surface area contributed by atoms with E-state index in [9.17, 15) is 14.4 Å². The van der Waals surface area contributed by atoms with Gasteiger partial charge in [-0.05, 0) is 36.3 Å². The third-order valence-corrected chi connectivity index (χ3v) is 4.93. The Morgan fingerprint density at radius 2 is 1.71 bits per heavy atom. The van der Waals surface area contributed by atoms with Crippen molar-refractivity contribution in [3.05, 3.63) is 71.4 Å². The van der Waals surface area contributed by atoms with Crippen molar-refractivity contribution in [3.8, 4) is 0 Å². The number of amides is 4. The van der Waals surface area contributed by atoms with E-state index in [1.807, 2.05) is 61.1 Å². The number of aryl methyl sites for hydroxylation is 2.